The lowest BCUT2D eigenvalue weighted by atomic mass is 9.85. The van der Waals surface area contributed by atoms with Crippen LogP contribution in [-0.4, -0.2) is 0 Å². The predicted octanol–water partition coefficient (Wildman–Crippen LogP) is 17.3. The Labute approximate surface area is 340 Å². The molecular formula is C54H30S3. The van der Waals surface area contributed by atoms with Gasteiger partial charge in [-0.1, -0.05) is 146 Å². The summed E-state index contributed by atoms with van der Waals surface area (Å²) in [6, 6.07) is 68.2. The van der Waals surface area contributed by atoms with Gasteiger partial charge in [-0.3, -0.25) is 0 Å². The van der Waals surface area contributed by atoms with Crippen molar-refractivity contribution in [3.05, 3.63) is 182 Å². The Hall–Kier alpha value is -6.36. The molecule has 3 heteroatoms. The standard InChI is InChI=1S/C54H30S3/c1-3-13-42-40(11-1)51(41-12-2-4-14-43(41)52(42)35-23-24-39-37-9-5-7-15-47(37)55-49(39)30-35)32-19-17-31(18-20-32)33-21-22-34-29-50-46(28-36(34)27-33)45-26-25-44-38-10-6-8-16-48(38)56-53(44)54(45)57-50/h1-30H. The maximum absolute atomic E-state index is 2.42. The van der Waals surface area contributed by atoms with E-state index in [0.29, 0.717) is 0 Å². The van der Waals surface area contributed by atoms with Crippen molar-refractivity contribution < 1.29 is 0 Å². The molecule has 0 aliphatic carbocycles. The third kappa shape index (κ3) is 4.71. The second-order valence-electron chi connectivity index (χ2n) is 15.2. The van der Waals surface area contributed by atoms with Crippen LogP contribution in [0.4, 0.5) is 0 Å². The smallest absolute Gasteiger partial charge is 0.0534 e. The number of benzene rings is 10. The van der Waals surface area contributed by atoms with E-state index in [0.717, 1.165) is 0 Å². The first-order chi connectivity index (χ1) is 28.2. The summed E-state index contributed by atoms with van der Waals surface area (Å²) in [5.74, 6) is 0. The Kier molecular flexibility index (Phi) is 6.73. The first kappa shape index (κ1) is 31.8. The molecule has 0 amide bonds. The molecule has 0 spiro atoms. The molecule has 13 rings (SSSR count). The van der Waals surface area contributed by atoms with Crippen LogP contribution in [0.15, 0.2) is 182 Å². The van der Waals surface area contributed by atoms with Crippen LogP contribution in [0.5, 0.6) is 0 Å². The van der Waals surface area contributed by atoms with Gasteiger partial charge in [-0.15, -0.1) is 34.0 Å². The predicted molar refractivity (Wildman–Crippen MR) is 254 cm³/mol. The second kappa shape index (κ2) is 12.1. The average molecular weight is 775 g/mol. The molecule has 3 aromatic heterocycles. The Bertz CT molecular complexity index is 3740. The van der Waals surface area contributed by atoms with E-state index < -0.39 is 0 Å². The number of hydrogen-bond acceptors (Lipinski definition) is 3. The second-order valence-corrected chi connectivity index (χ2v) is 18.3. The lowest BCUT2D eigenvalue weighted by Gasteiger charge is -2.18. The molecule has 0 N–H and O–H groups in total. The molecule has 0 aliphatic heterocycles. The van der Waals surface area contributed by atoms with Gasteiger partial charge in [-0.05, 0) is 102 Å². The Morgan fingerprint density at radius 1 is 0.228 bits per heavy atom. The highest BCUT2D eigenvalue weighted by atomic mass is 32.1. The van der Waals surface area contributed by atoms with Crippen LogP contribution in [0.2, 0.25) is 0 Å². The van der Waals surface area contributed by atoms with Gasteiger partial charge in [0.25, 0.3) is 0 Å². The van der Waals surface area contributed by atoms with Gasteiger partial charge in [0, 0.05) is 51.1 Å². The van der Waals surface area contributed by atoms with E-state index in [2.05, 4.69) is 182 Å². The van der Waals surface area contributed by atoms with Gasteiger partial charge < -0.3 is 0 Å². The quantitative estimate of drug-likeness (QED) is 0.157. The van der Waals surface area contributed by atoms with Gasteiger partial charge in [-0.2, -0.15) is 0 Å². The molecule has 264 valence electrons. The minimum absolute atomic E-state index is 1.23. The van der Waals surface area contributed by atoms with Crippen molar-refractivity contribution >= 4 is 127 Å². The zero-order valence-electron chi connectivity index (χ0n) is 30.5. The highest BCUT2D eigenvalue weighted by Gasteiger charge is 2.18. The lowest BCUT2D eigenvalue weighted by molar-refractivity contribution is 1.63. The van der Waals surface area contributed by atoms with Crippen molar-refractivity contribution in [3.63, 3.8) is 0 Å². The molecule has 57 heavy (non-hydrogen) atoms. The Balaban J connectivity index is 0.924. The van der Waals surface area contributed by atoms with E-state index in [1.54, 1.807) is 0 Å². The third-order valence-corrected chi connectivity index (χ3v) is 15.7. The largest absolute Gasteiger partial charge is 0.135 e. The van der Waals surface area contributed by atoms with Crippen LogP contribution in [0.25, 0.3) is 126 Å². The molecule has 10 aromatic carbocycles. The van der Waals surface area contributed by atoms with Crippen LogP contribution >= 0.6 is 34.0 Å². The van der Waals surface area contributed by atoms with Gasteiger partial charge in [0.1, 0.15) is 0 Å². The van der Waals surface area contributed by atoms with Gasteiger partial charge in [0.15, 0.2) is 0 Å². The van der Waals surface area contributed by atoms with E-state index in [1.165, 1.54) is 126 Å². The number of thiophene rings is 3. The van der Waals surface area contributed by atoms with Crippen LogP contribution in [0.1, 0.15) is 0 Å². The first-order valence-electron chi connectivity index (χ1n) is 19.4. The monoisotopic (exact) mass is 774 g/mol. The molecule has 13 aromatic rings. The van der Waals surface area contributed by atoms with Gasteiger partial charge in [0.05, 0.1) is 9.40 Å². The van der Waals surface area contributed by atoms with E-state index in [-0.39, 0.29) is 0 Å². The lowest BCUT2D eigenvalue weighted by Crippen LogP contribution is -1.91. The molecule has 0 radical (unpaired) electrons. The fourth-order valence-corrected chi connectivity index (χ4v) is 13.1. The summed E-state index contributed by atoms with van der Waals surface area (Å²) in [4.78, 5) is 0. The maximum atomic E-state index is 2.42. The van der Waals surface area contributed by atoms with Crippen molar-refractivity contribution in [2.75, 3.05) is 0 Å². The van der Waals surface area contributed by atoms with Crippen molar-refractivity contribution in [2.24, 2.45) is 0 Å². The zero-order valence-corrected chi connectivity index (χ0v) is 33.0. The van der Waals surface area contributed by atoms with Gasteiger partial charge in [-0.25, -0.2) is 0 Å². The maximum Gasteiger partial charge on any atom is 0.0534 e. The van der Waals surface area contributed by atoms with Crippen molar-refractivity contribution in [2.45, 2.75) is 0 Å². The molecule has 0 atom stereocenters. The van der Waals surface area contributed by atoms with Crippen molar-refractivity contribution in [1.29, 1.82) is 0 Å². The molecular weight excluding hydrogens is 745 g/mol. The molecule has 0 saturated carbocycles. The molecule has 0 nitrogen and oxygen atoms in total. The van der Waals surface area contributed by atoms with Crippen molar-refractivity contribution in [1.82, 2.24) is 0 Å². The molecule has 0 fully saturated rings. The SMILES string of the molecule is c1ccc2c(c1)sc1cc(-c3c4ccccc4c(-c4ccc(-c5ccc6cc7sc8c(ccc9c%10ccccc%10sc98)c7cc6c5)cc4)c4ccccc34)ccc12. The van der Waals surface area contributed by atoms with E-state index in [1.807, 2.05) is 34.0 Å². The van der Waals surface area contributed by atoms with E-state index in [4.69, 9.17) is 0 Å². The molecule has 0 unspecified atom stereocenters. The summed E-state index contributed by atoms with van der Waals surface area (Å²) in [6.07, 6.45) is 0. The van der Waals surface area contributed by atoms with Gasteiger partial charge >= 0.3 is 0 Å². The topological polar surface area (TPSA) is 0 Å². The Morgan fingerprint density at radius 3 is 1.37 bits per heavy atom. The van der Waals surface area contributed by atoms with Crippen molar-refractivity contribution in [3.8, 4) is 33.4 Å². The van der Waals surface area contributed by atoms with Gasteiger partial charge in [0.2, 0.25) is 0 Å². The van der Waals surface area contributed by atoms with Crippen LogP contribution in [-0.2, 0) is 0 Å². The third-order valence-electron chi connectivity index (χ3n) is 12.0. The normalized spacial score (nSPS) is 12.2. The molecule has 0 aliphatic rings. The average Bonchev–Trinajstić information content (AvgIpc) is 3.95. The minimum atomic E-state index is 1.23. The summed E-state index contributed by atoms with van der Waals surface area (Å²) in [6.45, 7) is 0. The molecule has 3 heterocycles. The van der Waals surface area contributed by atoms with Crippen LogP contribution < -0.4 is 0 Å². The van der Waals surface area contributed by atoms with Crippen LogP contribution in [0, 0.1) is 0 Å². The minimum Gasteiger partial charge on any atom is -0.135 e. The Morgan fingerprint density at radius 2 is 0.684 bits per heavy atom. The summed E-state index contributed by atoms with van der Waals surface area (Å²) < 4.78 is 8.19. The van der Waals surface area contributed by atoms with Crippen LogP contribution in [0.3, 0.4) is 0 Å². The summed E-state index contributed by atoms with van der Waals surface area (Å²) in [5, 5.41) is 15.8. The highest BCUT2D eigenvalue weighted by molar-refractivity contribution is 7.33. The number of hydrogen-bond donors (Lipinski definition) is 0. The highest BCUT2D eigenvalue weighted by Crippen LogP contribution is 2.47. The summed E-state index contributed by atoms with van der Waals surface area (Å²) in [5.41, 5.74) is 7.56. The first-order valence-corrected chi connectivity index (χ1v) is 21.8. The fourth-order valence-electron chi connectivity index (χ4n) is 9.40. The zero-order chi connectivity index (χ0) is 37.2. The number of fused-ring (bicyclic) bond motifs is 13. The summed E-state index contributed by atoms with van der Waals surface area (Å²) >= 11 is 5.74. The molecule has 0 saturated heterocycles. The summed E-state index contributed by atoms with van der Waals surface area (Å²) in [7, 11) is 0. The fraction of sp³-hybridized carbons (Fsp3) is 0. The molecule has 0 bridgehead atoms. The number of rotatable bonds is 3. The van der Waals surface area contributed by atoms with E-state index >= 15 is 0 Å². The van der Waals surface area contributed by atoms with E-state index in [9.17, 15) is 0 Å².